The maximum atomic E-state index is 13.9. The fourth-order valence-corrected chi connectivity index (χ4v) is 3.07. The maximum absolute atomic E-state index is 13.9. The highest BCUT2D eigenvalue weighted by atomic mass is 19.1. The van der Waals surface area contributed by atoms with Gasteiger partial charge in [-0.25, -0.2) is 8.78 Å². The first kappa shape index (κ1) is 15.6. The maximum Gasteiger partial charge on any atom is 0.307 e. The van der Waals surface area contributed by atoms with Gasteiger partial charge in [-0.1, -0.05) is 24.3 Å². The van der Waals surface area contributed by atoms with Crippen molar-refractivity contribution in [3.8, 4) is 0 Å². The Morgan fingerprint density at radius 3 is 2.39 bits per heavy atom. The summed E-state index contributed by atoms with van der Waals surface area (Å²) < 4.78 is 27.7. The van der Waals surface area contributed by atoms with Gasteiger partial charge < -0.3 is 5.11 Å². The van der Waals surface area contributed by atoms with Crippen LogP contribution >= 0.6 is 0 Å². The fourth-order valence-electron chi connectivity index (χ4n) is 3.07. The van der Waals surface area contributed by atoms with Crippen molar-refractivity contribution in [3.63, 3.8) is 0 Å². The number of fused-ring (bicyclic) bond motifs is 1. The van der Waals surface area contributed by atoms with Crippen LogP contribution in [0.1, 0.15) is 22.3 Å². The van der Waals surface area contributed by atoms with Gasteiger partial charge in [0.05, 0.1) is 6.42 Å². The second-order valence-corrected chi connectivity index (χ2v) is 5.79. The topological polar surface area (TPSA) is 40.5 Å². The van der Waals surface area contributed by atoms with Gasteiger partial charge in [-0.2, -0.15) is 0 Å². The Labute approximate surface area is 133 Å². The van der Waals surface area contributed by atoms with Gasteiger partial charge in [0.25, 0.3) is 0 Å². The molecule has 1 heterocycles. The van der Waals surface area contributed by atoms with Crippen molar-refractivity contribution in [3.05, 3.63) is 70.3 Å². The lowest BCUT2D eigenvalue weighted by Crippen LogP contribution is -2.31. The predicted molar refractivity (Wildman–Crippen MR) is 82.0 cm³/mol. The molecule has 0 saturated carbocycles. The molecule has 2 aromatic rings. The molecule has 0 atom stereocenters. The molecule has 0 aliphatic carbocycles. The van der Waals surface area contributed by atoms with Crippen LogP contribution in [0.3, 0.4) is 0 Å². The van der Waals surface area contributed by atoms with Crippen LogP contribution in [0.4, 0.5) is 8.78 Å². The van der Waals surface area contributed by atoms with Crippen molar-refractivity contribution in [2.45, 2.75) is 25.9 Å². The van der Waals surface area contributed by atoms with Gasteiger partial charge in [-0.05, 0) is 35.2 Å². The van der Waals surface area contributed by atoms with E-state index in [1.54, 1.807) is 6.07 Å². The highest BCUT2D eigenvalue weighted by Crippen LogP contribution is 2.26. The summed E-state index contributed by atoms with van der Waals surface area (Å²) in [5, 5.41) is 8.99. The molecule has 0 spiro atoms. The van der Waals surface area contributed by atoms with E-state index >= 15 is 0 Å². The molecular weight excluding hydrogens is 300 g/mol. The molecule has 0 aromatic heterocycles. The van der Waals surface area contributed by atoms with Gasteiger partial charge >= 0.3 is 5.97 Å². The van der Waals surface area contributed by atoms with Gasteiger partial charge in [0.1, 0.15) is 11.6 Å². The molecule has 0 bridgehead atoms. The number of carbonyl (C=O) groups is 1. The molecule has 120 valence electrons. The van der Waals surface area contributed by atoms with Crippen LogP contribution in [-0.4, -0.2) is 22.5 Å². The number of rotatable bonds is 4. The summed E-state index contributed by atoms with van der Waals surface area (Å²) in [5.41, 5.74) is 2.53. The summed E-state index contributed by atoms with van der Waals surface area (Å²) in [6, 6.07) is 9.68. The van der Waals surface area contributed by atoms with Crippen molar-refractivity contribution in [2.75, 3.05) is 6.54 Å². The highest BCUT2D eigenvalue weighted by molar-refractivity contribution is 5.70. The Kier molecular flexibility index (Phi) is 4.39. The Balaban J connectivity index is 1.81. The van der Waals surface area contributed by atoms with Gasteiger partial charge in [0.2, 0.25) is 0 Å². The molecule has 0 amide bonds. The highest BCUT2D eigenvalue weighted by Gasteiger charge is 2.23. The Morgan fingerprint density at radius 2 is 1.70 bits per heavy atom. The lowest BCUT2D eigenvalue weighted by molar-refractivity contribution is -0.136. The quantitative estimate of drug-likeness (QED) is 0.942. The van der Waals surface area contributed by atoms with E-state index in [1.165, 1.54) is 6.07 Å². The van der Waals surface area contributed by atoms with E-state index in [2.05, 4.69) is 0 Å². The molecule has 1 N–H and O–H groups in total. The summed E-state index contributed by atoms with van der Waals surface area (Å²) >= 11 is 0. The number of aliphatic carboxylic acids is 1. The normalized spacial score (nSPS) is 14.5. The first-order chi connectivity index (χ1) is 11.0. The minimum atomic E-state index is -0.880. The van der Waals surface area contributed by atoms with Crippen LogP contribution < -0.4 is 0 Å². The largest absolute Gasteiger partial charge is 0.481 e. The van der Waals surface area contributed by atoms with Crippen LogP contribution in [0.5, 0.6) is 0 Å². The van der Waals surface area contributed by atoms with Gasteiger partial charge in [0.15, 0.2) is 0 Å². The van der Waals surface area contributed by atoms with Gasteiger partial charge in [-0.3, -0.25) is 9.69 Å². The van der Waals surface area contributed by atoms with Crippen molar-refractivity contribution in [1.82, 2.24) is 4.90 Å². The zero-order valence-electron chi connectivity index (χ0n) is 12.6. The zero-order valence-corrected chi connectivity index (χ0v) is 12.6. The van der Waals surface area contributed by atoms with Crippen molar-refractivity contribution < 1.29 is 18.7 Å². The van der Waals surface area contributed by atoms with Gasteiger partial charge in [-0.15, -0.1) is 0 Å². The third-order valence-corrected chi connectivity index (χ3v) is 4.23. The second kappa shape index (κ2) is 6.46. The van der Waals surface area contributed by atoms with Crippen molar-refractivity contribution in [2.24, 2.45) is 0 Å². The number of nitrogens with zero attached hydrogens (tertiary/aromatic N) is 1. The zero-order chi connectivity index (χ0) is 16.4. The predicted octanol–water partition coefficient (Wildman–Crippen LogP) is 3.15. The molecule has 0 unspecified atom stereocenters. The van der Waals surface area contributed by atoms with Crippen LogP contribution in [0.2, 0.25) is 0 Å². The minimum absolute atomic E-state index is 0.0381. The molecule has 0 fully saturated rings. The summed E-state index contributed by atoms with van der Waals surface area (Å²) in [6.07, 6.45) is 0.420. The number of carboxylic acid groups (broad SMARTS) is 1. The average Bonchev–Trinajstić information content (AvgIpc) is 2.53. The van der Waals surface area contributed by atoms with E-state index in [-0.39, 0.29) is 18.1 Å². The lowest BCUT2D eigenvalue weighted by Gasteiger charge is -2.29. The van der Waals surface area contributed by atoms with E-state index in [1.807, 2.05) is 23.1 Å². The number of carboxylic acids is 1. The molecule has 3 rings (SSSR count). The average molecular weight is 317 g/mol. The van der Waals surface area contributed by atoms with E-state index < -0.39 is 5.97 Å². The van der Waals surface area contributed by atoms with E-state index in [9.17, 15) is 13.6 Å². The fraction of sp³-hybridized carbons (Fsp3) is 0.278. The number of hydrogen-bond donors (Lipinski definition) is 1. The molecule has 1 aliphatic heterocycles. The molecule has 1 aliphatic rings. The van der Waals surface area contributed by atoms with Crippen LogP contribution in [0, 0.1) is 11.6 Å². The third-order valence-electron chi connectivity index (χ3n) is 4.23. The number of halogens is 2. The Morgan fingerprint density at radius 1 is 1.04 bits per heavy atom. The molecular formula is C18H17F2NO2. The molecule has 23 heavy (non-hydrogen) atoms. The monoisotopic (exact) mass is 317 g/mol. The molecule has 5 heteroatoms. The van der Waals surface area contributed by atoms with Crippen LogP contribution in [0.15, 0.2) is 36.4 Å². The summed E-state index contributed by atoms with van der Waals surface area (Å²) in [6.45, 7) is 1.48. The molecule has 3 nitrogen and oxygen atoms in total. The van der Waals surface area contributed by atoms with Crippen LogP contribution in [0.25, 0.3) is 0 Å². The summed E-state index contributed by atoms with van der Waals surface area (Å²) in [5.74, 6) is -1.62. The van der Waals surface area contributed by atoms with E-state index in [0.717, 1.165) is 17.2 Å². The Bertz CT molecular complexity index is 746. The lowest BCUT2D eigenvalue weighted by atomic mass is 9.97. The summed E-state index contributed by atoms with van der Waals surface area (Å²) in [7, 11) is 0. The minimum Gasteiger partial charge on any atom is -0.481 e. The number of benzene rings is 2. The van der Waals surface area contributed by atoms with E-state index in [0.29, 0.717) is 37.2 Å². The van der Waals surface area contributed by atoms with Crippen molar-refractivity contribution in [1.29, 1.82) is 0 Å². The second-order valence-electron chi connectivity index (χ2n) is 5.79. The van der Waals surface area contributed by atoms with E-state index in [4.69, 9.17) is 5.11 Å². The first-order valence-electron chi connectivity index (χ1n) is 7.51. The SMILES string of the molecule is O=C(O)Cc1ccccc1CN1CCc2c(F)ccc(F)c2C1. The standard InChI is InChI=1S/C18H17F2NO2/c19-16-5-6-17(20)15-11-21(8-7-14(15)16)10-13-4-2-1-3-12(13)9-18(22)23/h1-6H,7-11H2,(H,22,23). The Hall–Kier alpha value is -2.27. The molecule has 0 radical (unpaired) electrons. The first-order valence-corrected chi connectivity index (χ1v) is 7.51. The van der Waals surface area contributed by atoms with Gasteiger partial charge in [0, 0.05) is 25.2 Å². The summed E-state index contributed by atoms with van der Waals surface area (Å²) in [4.78, 5) is 13.0. The van der Waals surface area contributed by atoms with Crippen molar-refractivity contribution >= 4 is 5.97 Å². The molecule has 2 aromatic carbocycles. The number of hydrogen-bond acceptors (Lipinski definition) is 2. The van der Waals surface area contributed by atoms with Crippen LogP contribution in [-0.2, 0) is 30.7 Å². The third kappa shape index (κ3) is 3.40. The smallest absolute Gasteiger partial charge is 0.307 e. The molecule has 0 saturated heterocycles.